The van der Waals surface area contributed by atoms with Gasteiger partial charge in [0.15, 0.2) is 6.29 Å². The Bertz CT molecular complexity index is 45.0. The van der Waals surface area contributed by atoms with Crippen LogP contribution in [0.25, 0.3) is 0 Å². The van der Waals surface area contributed by atoms with Crippen molar-refractivity contribution in [3.8, 4) is 0 Å². The fraction of sp³-hybridized carbons (Fsp3) is 1.00. The fourth-order valence-corrected chi connectivity index (χ4v) is 0.0707. The monoisotopic (exact) mass is 152 g/mol. The van der Waals surface area contributed by atoms with Crippen LogP contribution in [-0.4, -0.2) is 39.9 Å². The molecule has 0 amide bonds. The third kappa shape index (κ3) is 24.9. The summed E-state index contributed by atoms with van der Waals surface area (Å²) in [5.41, 5.74) is 0. The van der Waals surface area contributed by atoms with Gasteiger partial charge in [0.25, 0.3) is 0 Å². The third-order valence-corrected chi connectivity index (χ3v) is 0.681. The third-order valence-electron chi connectivity index (χ3n) is 0.681. The Balaban J connectivity index is 0. The van der Waals surface area contributed by atoms with E-state index in [1.54, 1.807) is 6.92 Å². The Hall–Kier alpha value is -0.160. The van der Waals surface area contributed by atoms with E-state index in [1.165, 1.54) is 0 Å². The second-order valence-corrected chi connectivity index (χ2v) is 1.69. The van der Waals surface area contributed by atoms with E-state index in [9.17, 15) is 0 Å². The smallest absolute Gasteiger partial charge is 0.151 e. The summed E-state index contributed by atoms with van der Waals surface area (Å²) < 4.78 is 0. The average molecular weight is 152 g/mol. The standard InChI is InChI=1S/2C3H8O2/c1-2-3(4)5;4-2-1-3-5/h3-5H,2H2,1H3;4-5H,1-3H2. The molecule has 64 valence electrons. The van der Waals surface area contributed by atoms with Crippen LogP contribution < -0.4 is 0 Å². The van der Waals surface area contributed by atoms with Crippen LogP contribution in [-0.2, 0) is 0 Å². The lowest BCUT2D eigenvalue weighted by molar-refractivity contribution is -0.0413. The number of hydrogen-bond donors (Lipinski definition) is 4. The molecule has 0 saturated heterocycles. The highest BCUT2D eigenvalue weighted by molar-refractivity contribution is 4.22. The molecule has 0 atom stereocenters. The van der Waals surface area contributed by atoms with Crippen molar-refractivity contribution >= 4 is 0 Å². The lowest BCUT2D eigenvalue weighted by atomic mass is 10.5. The Kier molecular flexibility index (Phi) is 14.5. The van der Waals surface area contributed by atoms with Gasteiger partial charge in [-0.2, -0.15) is 0 Å². The molecule has 4 heteroatoms. The molecule has 0 aliphatic heterocycles. The van der Waals surface area contributed by atoms with Crippen LogP contribution in [0.2, 0.25) is 0 Å². The second-order valence-electron chi connectivity index (χ2n) is 1.69. The first-order valence-electron chi connectivity index (χ1n) is 3.26. The first kappa shape index (κ1) is 12.5. The first-order chi connectivity index (χ1) is 4.68. The van der Waals surface area contributed by atoms with Crippen LogP contribution in [0.1, 0.15) is 19.8 Å². The van der Waals surface area contributed by atoms with Crippen molar-refractivity contribution in [2.75, 3.05) is 13.2 Å². The van der Waals surface area contributed by atoms with Crippen LogP contribution >= 0.6 is 0 Å². The van der Waals surface area contributed by atoms with Gasteiger partial charge in [-0.3, -0.25) is 0 Å². The predicted molar refractivity (Wildman–Crippen MR) is 37.3 cm³/mol. The molecule has 0 aromatic carbocycles. The molecule has 0 radical (unpaired) electrons. The van der Waals surface area contributed by atoms with Gasteiger partial charge in [0.2, 0.25) is 0 Å². The van der Waals surface area contributed by atoms with E-state index in [2.05, 4.69) is 0 Å². The van der Waals surface area contributed by atoms with Crippen molar-refractivity contribution < 1.29 is 20.4 Å². The number of aliphatic hydroxyl groups is 4. The molecule has 4 N–H and O–H groups in total. The zero-order valence-corrected chi connectivity index (χ0v) is 6.19. The molecular weight excluding hydrogens is 136 g/mol. The minimum absolute atomic E-state index is 0.0938. The predicted octanol–water partition coefficient (Wildman–Crippen LogP) is -0.932. The lowest BCUT2D eigenvalue weighted by Gasteiger charge is -1.90. The minimum atomic E-state index is -1.12. The van der Waals surface area contributed by atoms with Gasteiger partial charge in [-0.15, -0.1) is 0 Å². The highest BCUT2D eigenvalue weighted by atomic mass is 16.5. The minimum Gasteiger partial charge on any atom is -0.396 e. The van der Waals surface area contributed by atoms with Crippen molar-refractivity contribution in [3.05, 3.63) is 0 Å². The summed E-state index contributed by atoms with van der Waals surface area (Å²) >= 11 is 0. The Labute approximate surface area is 60.7 Å². The molecule has 0 aromatic rings. The van der Waals surface area contributed by atoms with Crippen LogP contribution in [0.4, 0.5) is 0 Å². The van der Waals surface area contributed by atoms with Crippen LogP contribution in [0.15, 0.2) is 0 Å². The van der Waals surface area contributed by atoms with E-state index in [-0.39, 0.29) is 13.2 Å². The lowest BCUT2D eigenvalue weighted by Crippen LogP contribution is -1.99. The van der Waals surface area contributed by atoms with E-state index in [0.717, 1.165) is 0 Å². The van der Waals surface area contributed by atoms with Gasteiger partial charge in [0.1, 0.15) is 0 Å². The van der Waals surface area contributed by atoms with Crippen molar-refractivity contribution in [2.45, 2.75) is 26.1 Å². The molecule has 0 fully saturated rings. The highest BCUT2D eigenvalue weighted by Crippen LogP contribution is 1.77. The summed E-state index contributed by atoms with van der Waals surface area (Å²) in [6.45, 7) is 1.89. The first-order valence-corrected chi connectivity index (χ1v) is 3.26. The van der Waals surface area contributed by atoms with E-state index >= 15 is 0 Å². The summed E-state index contributed by atoms with van der Waals surface area (Å²) in [6, 6.07) is 0. The maximum absolute atomic E-state index is 7.92. The van der Waals surface area contributed by atoms with E-state index in [1.807, 2.05) is 0 Å². The summed E-state index contributed by atoms with van der Waals surface area (Å²) in [6.07, 6.45) is -0.199. The largest absolute Gasteiger partial charge is 0.396 e. The zero-order valence-electron chi connectivity index (χ0n) is 6.19. The molecule has 4 nitrogen and oxygen atoms in total. The van der Waals surface area contributed by atoms with E-state index < -0.39 is 6.29 Å². The van der Waals surface area contributed by atoms with Gasteiger partial charge in [0, 0.05) is 13.2 Å². The molecule has 0 aliphatic carbocycles. The molecule has 0 spiro atoms. The zero-order chi connectivity index (χ0) is 8.41. The maximum atomic E-state index is 7.92. The van der Waals surface area contributed by atoms with Gasteiger partial charge >= 0.3 is 0 Å². The summed E-state index contributed by atoms with van der Waals surface area (Å²) in [7, 11) is 0. The van der Waals surface area contributed by atoms with Gasteiger partial charge in [-0.1, -0.05) is 6.92 Å². The average Bonchev–Trinajstić information content (AvgIpc) is 1.91. The highest BCUT2D eigenvalue weighted by Gasteiger charge is 1.83. The Morgan fingerprint density at radius 2 is 1.40 bits per heavy atom. The SMILES string of the molecule is CCC(O)O.OCCCO. The van der Waals surface area contributed by atoms with Crippen molar-refractivity contribution in [1.29, 1.82) is 0 Å². The van der Waals surface area contributed by atoms with Crippen LogP contribution in [0.3, 0.4) is 0 Å². The van der Waals surface area contributed by atoms with Gasteiger partial charge in [-0.05, 0) is 12.8 Å². The normalized spacial score (nSPS) is 9.00. The molecule has 0 saturated carbocycles. The van der Waals surface area contributed by atoms with E-state index in [0.29, 0.717) is 12.8 Å². The Morgan fingerprint density at radius 3 is 1.40 bits per heavy atom. The second kappa shape index (κ2) is 11.6. The molecular formula is C6H16O4. The van der Waals surface area contributed by atoms with Crippen molar-refractivity contribution in [3.63, 3.8) is 0 Å². The number of hydrogen-bond acceptors (Lipinski definition) is 4. The molecule has 0 rings (SSSR count). The molecule has 0 unspecified atom stereocenters. The fourth-order valence-electron chi connectivity index (χ4n) is 0.0707. The van der Waals surface area contributed by atoms with Crippen LogP contribution in [0, 0.1) is 0 Å². The maximum Gasteiger partial charge on any atom is 0.151 e. The molecule has 0 aromatic heterocycles. The summed E-state index contributed by atoms with van der Waals surface area (Å²) in [5.74, 6) is 0. The topological polar surface area (TPSA) is 80.9 Å². The van der Waals surface area contributed by atoms with Crippen molar-refractivity contribution in [2.24, 2.45) is 0 Å². The van der Waals surface area contributed by atoms with E-state index in [4.69, 9.17) is 20.4 Å². The summed E-state index contributed by atoms with van der Waals surface area (Å²) in [4.78, 5) is 0. The van der Waals surface area contributed by atoms with Gasteiger partial charge in [0.05, 0.1) is 0 Å². The molecule has 0 aliphatic rings. The number of rotatable bonds is 3. The molecule has 0 bridgehead atoms. The molecule has 10 heavy (non-hydrogen) atoms. The number of aliphatic hydroxyl groups excluding tert-OH is 3. The van der Waals surface area contributed by atoms with Gasteiger partial charge < -0.3 is 20.4 Å². The Morgan fingerprint density at radius 1 is 1.10 bits per heavy atom. The van der Waals surface area contributed by atoms with Crippen LogP contribution in [0.5, 0.6) is 0 Å². The van der Waals surface area contributed by atoms with Gasteiger partial charge in [-0.25, -0.2) is 0 Å². The van der Waals surface area contributed by atoms with Crippen molar-refractivity contribution in [1.82, 2.24) is 0 Å². The quantitative estimate of drug-likeness (QED) is 0.394. The summed E-state index contributed by atoms with van der Waals surface area (Å²) in [5, 5.41) is 31.6. The molecule has 0 heterocycles.